The predicted molar refractivity (Wildman–Crippen MR) is 81.0 cm³/mol. The molecule has 0 bridgehead atoms. The van der Waals surface area contributed by atoms with E-state index in [1.165, 1.54) is 0 Å². The highest BCUT2D eigenvalue weighted by atomic mass is 16.2. The topological polar surface area (TPSA) is 67.2 Å². The van der Waals surface area contributed by atoms with Crippen molar-refractivity contribution >= 4 is 11.7 Å². The Bertz CT molecular complexity index is 736. The standard InChI is InChI=1S/C16H17N3O2/c1-11-10-15(19(3)18-11)17-16(21)14-8-4-6-13(12(14)2)7-5-9-20/h4,6,8,10,20H,9H2,1-3H3,(H,17,21). The third kappa shape index (κ3) is 3.30. The van der Waals surface area contributed by atoms with E-state index in [0.717, 1.165) is 16.8 Å². The summed E-state index contributed by atoms with van der Waals surface area (Å²) in [5.41, 5.74) is 2.92. The molecule has 0 spiro atoms. The Morgan fingerprint density at radius 3 is 2.81 bits per heavy atom. The van der Waals surface area contributed by atoms with Crippen LogP contribution in [-0.4, -0.2) is 27.4 Å². The van der Waals surface area contributed by atoms with Gasteiger partial charge < -0.3 is 10.4 Å². The molecule has 1 amide bonds. The van der Waals surface area contributed by atoms with Crippen LogP contribution in [0.4, 0.5) is 5.82 Å². The number of aromatic nitrogens is 2. The van der Waals surface area contributed by atoms with Crippen LogP contribution in [0.3, 0.4) is 0 Å². The molecule has 0 aliphatic rings. The van der Waals surface area contributed by atoms with E-state index in [-0.39, 0.29) is 12.5 Å². The van der Waals surface area contributed by atoms with E-state index < -0.39 is 0 Å². The Kier molecular flexibility index (Phi) is 4.41. The summed E-state index contributed by atoms with van der Waals surface area (Å²) in [6.45, 7) is 3.50. The van der Waals surface area contributed by atoms with Gasteiger partial charge in [0.25, 0.3) is 5.91 Å². The minimum Gasteiger partial charge on any atom is -0.384 e. The molecule has 0 radical (unpaired) electrons. The quantitative estimate of drug-likeness (QED) is 0.823. The second-order valence-corrected chi connectivity index (χ2v) is 4.69. The number of carbonyl (C=O) groups excluding carboxylic acids is 1. The van der Waals surface area contributed by atoms with E-state index in [1.807, 2.05) is 26.0 Å². The fourth-order valence-corrected chi connectivity index (χ4v) is 2.06. The van der Waals surface area contributed by atoms with Crippen LogP contribution < -0.4 is 5.32 Å². The van der Waals surface area contributed by atoms with Gasteiger partial charge in [-0.05, 0) is 31.5 Å². The van der Waals surface area contributed by atoms with E-state index >= 15 is 0 Å². The second-order valence-electron chi connectivity index (χ2n) is 4.69. The molecule has 2 aromatic rings. The number of aliphatic hydroxyl groups excluding tert-OH is 1. The summed E-state index contributed by atoms with van der Waals surface area (Å²) in [5, 5.41) is 15.8. The molecule has 1 heterocycles. The molecule has 0 aliphatic heterocycles. The number of benzene rings is 1. The van der Waals surface area contributed by atoms with Crippen molar-refractivity contribution < 1.29 is 9.90 Å². The number of nitrogens with one attached hydrogen (secondary N) is 1. The second kappa shape index (κ2) is 6.25. The van der Waals surface area contributed by atoms with Crippen LogP contribution in [0.2, 0.25) is 0 Å². The number of hydrogen-bond donors (Lipinski definition) is 2. The van der Waals surface area contributed by atoms with Crippen molar-refractivity contribution in [1.82, 2.24) is 9.78 Å². The maximum atomic E-state index is 12.4. The maximum Gasteiger partial charge on any atom is 0.257 e. The van der Waals surface area contributed by atoms with E-state index in [2.05, 4.69) is 22.3 Å². The van der Waals surface area contributed by atoms with Crippen LogP contribution in [0.15, 0.2) is 24.3 Å². The first kappa shape index (κ1) is 14.8. The van der Waals surface area contributed by atoms with Gasteiger partial charge in [0, 0.05) is 24.2 Å². The van der Waals surface area contributed by atoms with Crippen LogP contribution >= 0.6 is 0 Å². The number of nitrogens with zero attached hydrogens (tertiary/aromatic N) is 2. The average molecular weight is 283 g/mol. The van der Waals surface area contributed by atoms with Crippen molar-refractivity contribution in [2.45, 2.75) is 13.8 Å². The first-order valence-electron chi connectivity index (χ1n) is 6.54. The molecule has 1 aromatic carbocycles. The van der Waals surface area contributed by atoms with Crippen LogP contribution in [-0.2, 0) is 7.05 Å². The van der Waals surface area contributed by atoms with Crippen molar-refractivity contribution in [3.05, 3.63) is 46.6 Å². The Labute approximate surface area is 123 Å². The minimum atomic E-state index is -0.205. The number of aryl methyl sites for hydroxylation is 2. The first-order chi connectivity index (χ1) is 10.0. The highest BCUT2D eigenvalue weighted by Crippen LogP contribution is 2.16. The lowest BCUT2D eigenvalue weighted by Crippen LogP contribution is -2.16. The molecular weight excluding hydrogens is 266 g/mol. The number of carbonyl (C=O) groups is 1. The largest absolute Gasteiger partial charge is 0.384 e. The number of anilines is 1. The zero-order valence-electron chi connectivity index (χ0n) is 12.3. The van der Waals surface area contributed by atoms with E-state index in [0.29, 0.717) is 11.4 Å². The molecule has 0 atom stereocenters. The molecule has 0 saturated carbocycles. The number of hydrogen-bond acceptors (Lipinski definition) is 3. The number of aliphatic hydroxyl groups is 1. The van der Waals surface area contributed by atoms with Gasteiger partial charge in [-0.15, -0.1) is 0 Å². The lowest BCUT2D eigenvalue weighted by Gasteiger charge is -2.09. The van der Waals surface area contributed by atoms with E-state index in [9.17, 15) is 4.79 Å². The third-order valence-corrected chi connectivity index (χ3v) is 3.12. The summed E-state index contributed by atoms with van der Waals surface area (Å²) in [6.07, 6.45) is 0. The van der Waals surface area contributed by atoms with Gasteiger partial charge in [0.1, 0.15) is 12.4 Å². The van der Waals surface area contributed by atoms with E-state index in [1.54, 1.807) is 23.9 Å². The molecule has 2 N–H and O–H groups in total. The van der Waals surface area contributed by atoms with Crippen LogP contribution in [0.25, 0.3) is 0 Å². The molecule has 5 nitrogen and oxygen atoms in total. The Morgan fingerprint density at radius 1 is 1.43 bits per heavy atom. The van der Waals surface area contributed by atoms with Crippen LogP contribution in [0.5, 0.6) is 0 Å². The summed E-state index contributed by atoms with van der Waals surface area (Å²) in [4.78, 5) is 12.4. The normalized spacial score (nSPS) is 9.90. The summed E-state index contributed by atoms with van der Waals surface area (Å²) in [6, 6.07) is 7.15. The van der Waals surface area contributed by atoms with Gasteiger partial charge in [-0.2, -0.15) is 5.10 Å². The fraction of sp³-hybridized carbons (Fsp3) is 0.250. The van der Waals surface area contributed by atoms with Crippen molar-refractivity contribution in [3.63, 3.8) is 0 Å². The number of amides is 1. The van der Waals surface area contributed by atoms with Gasteiger partial charge in [0.15, 0.2) is 0 Å². The molecule has 0 fully saturated rings. The molecule has 2 rings (SSSR count). The summed E-state index contributed by atoms with van der Waals surface area (Å²) < 4.78 is 1.62. The lowest BCUT2D eigenvalue weighted by molar-refractivity contribution is 0.102. The van der Waals surface area contributed by atoms with E-state index in [4.69, 9.17) is 5.11 Å². The monoisotopic (exact) mass is 283 g/mol. The van der Waals surface area contributed by atoms with Crippen molar-refractivity contribution in [2.75, 3.05) is 11.9 Å². The lowest BCUT2D eigenvalue weighted by atomic mass is 10.0. The van der Waals surface area contributed by atoms with Crippen LogP contribution in [0, 0.1) is 25.7 Å². The molecule has 108 valence electrons. The summed E-state index contributed by atoms with van der Waals surface area (Å²) in [5.74, 6) is 5.87. The molecule has 1 aromatic heterocycles. The SMILES string of the molecule is Cc1cc(NC(=O)c2cccc(C#CCO)c2C)n(C)n1. The Morgan fingerprint density at radius 2 is 2.19 bits per heavy atom. The van der Waals surface area contributed by atoms with Gasteiger partial charge in [-0.3, -0.25) is 9.48 Å². The summed E-state index contributed by atoms with van der Waals surface area (Å²) >= 11 is 0. The highest BCUT2D eigenvalue weighted by molar-refractivity contribution is 6.05. The molecule has 0 aliphatic carbocycles. The first-order valence-corrected chi connectivity index (χ1v) is 6.54. The third-order valence-electron chi connectivity index (χ3n) is 3.12. The van der Waals surface area contributed by atoms with Gasteiger partial charge in [0.05, 0.1) is 5.69 Å². The fourth-order valence-electron chi connectivity index (χ4n) is 2.06. The van der Waals surface area contributed by atoms with Crippen molar-refractivity contribution in [2.24, 2.45) is 7.05 Å². The maximum absolute atomic E-state index is 12.4. The van der Waals surface area contributed by atoms with Gasteiger partial charge in [-0.1, -0.05) is 17.9 Å². The van der Waals surface area contributed by atoms with Gasteiger partial charge >= 0.3 is 0 Å². The molecule has 21 heavy (non-hydrogen) atoms. The molecule has 0 unspecified atom stereocenters. The van der Waals surface area contributed by atoms with Crippen molar-refractivity contribution in [1.29, 1.82) is 0 Å². The average Bonchev–Trinajstić information content (AvgIpc) is 2.75. The molecular formula is C16H17N3O2. The summed E-state index contributed by atoms with van der Waals surface area (Å²) in [7, 11) is 1.78. The highest BCUT2D eigenvalue weighted by Gasteiger charge is 2.13. The zero-order chi connectivity index (χ0) is 15.4. The zero-order valence-corrected chi connectivity index (χ0v) is 12.3. The Hall–Kier alpha value is -2.58. The smallest absolute Gasteiger partial charge is 0.257 e. The Balaban J connectivity index is 2.29. The molecule has 5 heteroatoms. The minimum absolute atomic E-state index is 0.204. The van der Waals surface area contributed by atoms with Gasteiger partial charge in [0.2, 0.25) is 0 Å². The molecule has 0 saturated heterocycles. The van der Waals surface area contributed by atoms with Crippen molar-refractivity contribution in [3.8, 4) is 11.8 Å². The van der Waals surface area contributed by atoms with Crippen LogP contribution in [0.1, 0.15) is 27.2 Å². The number of rotatable bonds is 2. The van der Waals surface area contributed by atoms with Gasteiger partial charge in [-0.25, -0.2) is 0 Å². The predicted octanol–water partition coefficient (Wildman–Crippen LogP) is 1.63.